The molecule has 0 saturated carbocycles. The summed E-state index contributed by atoms with van der Waals surface area (Å²) in [6, 6.07) is 7.41. The molecule has 2 N–H and O–H groups in total. The second-order valence-corrected chi connectivity index (χ2v) is 8.07. The summed E-state index contributed by atoms with van der Waals surface area (Å²) in [4.78, 5) is 19.9. The molecule has 1 amide bonds. The van der Waals surface area contributed by atoms with Crippen LogP contribution < -0.4 is 10.6 Å². The van der Waals surface area contributed by atoms with E-state index < -0.39 is 5.82 Å². The van der Waals surface area contributed by atoms with Gasteiger partial charge >= 0.3 is 0 Å². The standard InChI is InChI=1S/C22H24FN7O/c1-12-9-28(10-13(2)29(12)15(4)31)18-7-16(5-6-17(18)8-24)21-19(23)14(3)20-22(25)26-11-27-30(20)21/h5-7,11-13H,9-10H2,1-4H3,(H2,25,26,27). The van der Waals surface area contributed by atoms with E-state index >= 15 is 4.39 Å². The molecule has 1 aliphatic heterocycles. The van der Waals surface area contributed by atoms with Crippen LogP contribution in [-0.4, -0.2) is 50.6 Å². The smallest absolute Gasteiger partial charge is 0.220 e. The summed E-state index contributed by atoms with van der Waals surface area (Å²) in [6.45, 7) is 8.34. The Labute approximate surface area is 179 Å². The Morgan fingerprint density at radius 1 is 1.29 bits per heavy atom. The number of anilines is 2. The van der Waals surface area contributed by atoms with Crippen molar-refractivity contribution in [1.29, 1.82) is 5.26 Å². The monoisotopic (exact) mass is 421 g/mol. The van der Waals surface area contributed by atoms with Crippen molar-refractivity contribution in [2.24, 2.45) is 0 Å². The number of carbonyl (C=O) groups is 1. The van der Waals surface area contributed by atoms with E-state index in [0.29, 0.717) is 41.0 Å². The van der Waals surface area contributed by atoms with Crippen molar-refractivity contribution in [3.8, 4) is 17.3 Å². The highest BCUT2D eigenvalue weighted by Crippen LogP contribution is 2.35. The van der Waals surface area contributed by atoms with Crippen LogP contribution in [0.2, 0.25) is 0 Å². The van der Waals surface area contributed by atoms with Crippen LogP contribution in [0.4, 0.5) is 15.9 Å². The Kier molecular flexibility index (Phi) is 5.01. The number of hydrogen-bond donors (Lipinski definition) is 1. The SMILES string of the molecule is CC(=O)N1C(C)CN(c2cc(-c3c(F)c(C)c4c(N)ncnn34)ccc2C#N)CC1C. The number of halogens is 1. The van der Waals surface area contributed by atoms with Crippen LogP contribution in [0.5, 0.6) is 0 Å². The molecule has 1 saturated heterocycles. The van der Waals surface area contributed by atoms with Crippen LogP contribution in [0, 0.1) is 24.1 Å². The summed E-state index contributed by atoms with van der Waals surface area (Å²) in [5.41, 5.74) is 8.81. The first-order valence-electron chi connectivity index (χ1n) is 10.1. The largest absolute Gasteiger partial charge is 0.382 e. The van der Waals surface area contributed by atoms with Gasteiger partial charge in [-0.05, 0) is 32.9 Å². The zero-order chi connectivity index (χ0) is 22.4. The summed E-state index contributed by atoms with van der Waals surface area (Å²) in [7, 11) is 0. The first-order valence-corrected chi connectivity index (χ1v) is 10.1. The fourth-order valence-electron chi connectivity index (χ4n) is 4.69. The lowest BCUT2D eigenvalue weighted by Gasteiger charge is -2.45. The van der Waals surface area contributed by atoms with E-state index in [1.54, 1.807) is 26.0 Å². The van der Waals surface area contributed by atoms with Crippen LogP contribution >= 0.6 is 0 Å². The van der Waals surface area contributed by atoms with Crippen molar-refractivity contribution in [2.45, 2.75) is 39.8 Å². The lowest BCUT2D eigenvalue weighted by atomic mass is 10.0. The molecule has 2 aromatic heterocycles. The number of piperazine rings is 1. The average molecular weight is 421 g/mol. The third kappa shape index (κ3) is 3.24. The Balaban J connectivity index is 1.83. The van der Waals surface area contributed by atoms with Crippen molar-refractivity contribution >= 4 is 22.9 Å². The number of nitriles is 1. The van der Waals surface area contributed by atoms with Gasteiger partial charge in [0.25, 0.3) is 0 Å². The molecule has 2 atom stereocenters. The first-order chi connectivity index (χ1) is 14.7. The molecule has 0 bridgehead atoms. The highest BCUT2D eigenvalue weighted by atomic mass is 19.1. The second kappa shape index (κ2) is 7.54. The molecule has 31 heavy (non-hydrogen) atoms. The zero-order valence-corrected chi connectivity index (χ0v) is 17.9. The normalized spacial score (nSPS) is 19.0. The van der Waals surface area contributed by atoms with E-state index in [-0.39, 0.29) is 29.5 Å². The maximum Gasteiger partial charge on any atom is 0.220 e. The van der Waals surface area contributed by atoms with Crippen LogP contribution in [-0.2, 0) is 4.79 Å². The summed E-state index contributed by atoms with van der Waals surface area (Å²) in [5.74, 6) is -0.191. The average Bonchev–Trinajstić information content (AvgIpc) is 2.98. The molecule has 160 valence electrons. The Hall–Kier alpha value is -3.67. The number of nitrogens with zero attached hydrogens (tertiary/aromatic N) is 6. The molecule has 1 fully saturated rings. The molecule has 8 nitrogen and oxygen atoms in total. The van der Waals surface area contributed by atoms with Crippen LogP contribution in [0.25, 0.3) is 16.8 Å². The van der Waals surface area contributed by atoms with Crippen molar-refractivity contribution in [2.75, 3.05) is 23.7 Å². The first kappa shape index (κ1) is 20.6. The lowest BCUT2D eigenvalue weighted by Crippen LogP contribution is -2.58. The number of fused-ring (bicyclic) bond motifs is 1. The van der Waals surface area contributed by atoms with Crippen molar-refractivity contribution in [3.63, 3.8) is 0 Å². The molecule has 1 aromatic carbocycles. The lowest BCUT2D eigenvalue weighted by molar-refractivity contribution is -0.133. The minimum Gasteiger partial charge on any atom is -0.382 e. The maximum atomic E-state index is 15.2. The van der Waals surface area contributed by atoms with Crippen LogP contribution in [0.15, 0.2) is 24.5 Å². The fraction of sp³-hybridized carbons (Fsp3) is 0.364. The molecule has 3 aromatic rings. The number of amides is 1. The van der Waals surface area contributed by atoms with Gasteiger partial charge in [0.15, 0.2) is 11.6 Å². The fourth-order valence-corrected chi connectivity index (χ4v) is 4.69. The number of aryl methyl sites for hydroxylation is 1. The van der Waals surface area contributed by atoms with E-state index in [1.807, 2.05) is 24.8 Å². The predicted molar refractivity (Wildman–Crippen MR) is 116 cm³/mol. The molecule has 0 spiro atoms. The van der Waals surface area contributed by atoms with E-state index in [9.17, 15) is 10.1 Å². The number of rotatable bonds is 2. The maximum absolute atomic E-state index is 15.2. The van der Waals surface area contributed by atoms with E-state index in [1.165, 1.54) is 10.8 Å². The van der Waals surface area contributed by atoms with Gasteiger partial charge in [-0.2, -0.15) is 10.4 Å². The third-order valence-corrected chi connectivity index (χ3v) is 5.94. The van der Waals surface area contributed by atoms with E-state index in [4.69, 9.17) is 5.73 Å². The molecule has 1 aliphatic rings. The molecule has 4 rings (SSSR count). The highest BCUT2D eigenvalue weighted by molar-refractivity contribution is 5.80. The zero-order valence-electron chi connectivity index (χ0n) is 17.9. The molecule has 0 aliphatic carbocycles. The molecular weight excluding hydrogens is 397 g/mol. The van der Waals surface area contributed by atoms with Crippen molar-refractivity contribution < 1.29 is 9.18 Å². The second-order valence-electron chi connectivity index (χ2n) is 8.07. The van der Waals surface area contributed by atoms with Gasteiger partial charge in [-0.3, -0.25) is 4.79 Å². The van der Waals surface area contributed by atoms with Crippen LogP contribution in [0.3, 0.4) is 0 Å². The Bertz CT molecular complexity index is 1220. The highest BCUT2D eigenvalue weighted by Gasteiger charge is 2.32. The summed E-state index contributed by atoms with van der Waals surface area (Å²) < 4.78 is 16.7. The number of aromatic nitrogens is 3. The number of hydrogen-bond acceptors (Lipinski definition) is 6. The van der Waals surface area contributed by atoms with Gasteiger partial charge in [0, 0.05) is 43.2 Å². The number of nitrogens with two attached hydrogens (primary N) is 1. The minimum atomic E-state index is -0.425. The van der Waals surface area contributed by atoms with Gasteiger partial charge in [-0.25, -0.2) is 13.9 Å². The number of benzene rings is 1. The number of carbonyl (C=O) groups excluding carboxylic acids is 1. The Morgan fingerprint density at radius 2 is 1.97 bits per heavy atom. The van der Waals surface area contributed by atoms with Crippen molar-refractivity contribution in [1.82, 2.24) is 19.5 Å². The van der Waals surface area contributed by atoms with Crippen molar-refractivity contribution in [3.05, 3.63) is 41.5 Å². The summed E-state index contributed by atoms with van der Waals surface area (Å²) >= 11 is 0. The molecule has 3 heterocycles. The summed E-state index contributed by atoms with van der Waals surface area (Å²) in [6.07, 6.45) is 1.29. The predicted octanol–water partition coefficient (Wildman–Crippen LogP) is 2.74. The minimum absolute atomic E-state index is 0.0166. The van der Waals surface area contributed by atoms with Gasteiger partial charge < -0.3 is 15.5 Å². The topological polar surface area (TPSA) is 104 Å². The third-order valence-electron chi connectivity index (χ3n) is 5.94. The van der Waals surface area contributed by atoms with Gasteiger partial charge in [0.1, 0.15) is 23.6 Å². The van der Waals surface area contributed by atoms with Gasteiger partial charge in [-0.15, -0.1) is 0 Å². The molecule has 9 heteroatoms. The van der Waals surface area contributed by atoms with E-state index in [2.05, 4.69) is 21.1 Å². The Morgan fingerprint density at radius 3 is 2.58 bits per heavy atom. The van der Waals surface area contributed by atoms with Crippen LogP contribution in [0.1, 0.15) is 31.9 Å². The number of nitrogen functional groups attached to an aromatic ring is 1. The molecule has 2 unspecified atom stereocenters. The molecule has 0 radical (unpaired) electrons. The van der Waals surface area contributed by atoms with Gasteiger partial charge in [-0.1, -0.05) is 6.07 Å². The van der Waals surface area contributed by atoms with E-state index in [0.717, 1.165) is 0 Å². The summed E-state index contributed by atoms with van der Waals surface area (Å²) in [5, 5.41) is 13.9. The van der Waals surface area contributed by atoms with Gasteiger partial charge in [0.2, 0.25) is 5.91 Å². The molecular formula is C22H24FN7O. The van der Waals surface area contributed by atoms with Gasteiger partial charge in [0.05, 0.1) is 11.3 Å². The quantitative estimate of drug-likeness (QED) is 0.682.